The summed E-state index contributed by atoms with van der Waals surface area (Å²) >= 11 is 14.9. The molecule has 0 radical (unpaired) electrons. The number of hydrogen-bond acceptors (Lipinski definition) is 1. The first-order valence-electron chi connectivity index (χ1n) is 5.60. The summed E-state index contributed by atoms with van der Waals surface area (Å²) in [5, 5.41) is 0.778. The standard InChI is InChI=1S/C15H8BrCl2FO/c16-12-7-9(1-5-14(12)19)2-6-15(20)11-8-10(17)3-4-13(11)18/h1-8H/b6-2+. The first kappa shape index (κ1) is 15.2. The van der Waals surface area contributed by atoms with Crippen molar-refractivity contribution in [3.8, 4) is 0 Å². The van der Waals surface area contributed by atoms with E-state index in [1.807, 2.05) is 0 Å². The summed E-state index contributed by atoms with van der Waals surface area (Å²) in [7, 11) is 0. The third-order valence-corrected chi connectivity index (χ3v) is 3.74. The second-order valence-corrected chi connectivity index (χ2v) is 5.69. The predicted octanol–water partition coefficient (Wildman–Crippen LogP) is 5.79. The minimum Gasteiger partial charge on any atom is -0.289 e. The number of benzene rings is 2. The van der Waals surface area contributed by atoms with Crippen LogP contribution in [0.3, 0.4) is 0 Å². The van der Waals surface area contributed by atoms with E-state index in [2.05, 4.69) is 15.9 Å². The number of carbonyl (C=O) groups excluding carboxylic acids is 1. The van der Waals surface area contributed by atoms with Gasteiger partial charge in [-0.3, -0.25) is 4.79 Å². The van der Waals surface area contributed by atoms with Crippen LogP contribution in [0.15, 0.2) is 46.9 Å². The Morgan fingerprint density at radius 3 is 2.60 bits per heavy atom. The maximum Gasteiger partial charge on any atom is 0.187 e. The fourth-order valence-electron chi connectivity index (χ4n) is 1.56. The van der Waals surface area contributed by atoms with Gasteiger partial charge in [0.05, 0.1) is 9.50 Å². The van der Waals surface area contributed by atoms with Crippen LogP contribution < -0.4 is 0 Å². The molecule has 0 spiro atoms. The van der Waals surface area contributed by atoms with E-state index in [-0.39, 0.29) is 11.6 Å². The maximum absolute atomic E-state index is 13.1. The molecule has 102 valence electrons. The van der Waals surface area contributed by atoms with E-state index in [0.717, 1.165) is 0 Å². The highest BCUT2D eigenvalue weighted by atomic mass is 79.9. The van der Waals surface area contributed by atoms with Crippen LogP contribution >= 0.6 is 39.1 Å². The van der Waals surface area contributed by atoms with Gasteiger partial charge in [0.15, 0.2) is 5.78 Å². The van der Waals surface area contributed by atoms with Crippen LogP contribution in [0.5, 0.6) is 0 Å². The SMILES string of the molecule is O=C(/C=C/c1ccc(F)c(Br)c1)c1cc(Cl)ccc1Cl. The smallest absolute Gasteiger partial charge is 0.187 e. The summed E-state index contributed by atoms with van der Waals surface area (Å²) in [5.74, 6) is -0.621. The molecule has 2 aromatic rings. The fourth-order valence-corrected chi connectivity index (χ4v) is 2.34. The summed E-state index contributed by atoms with van der Waals surface area (Å²) in [6.07, 6.45) is 2.96. The van der Waals surface area contributed by atoms with Crippen molar-refractivity contribution in [3.05, 3.63) is 73.9 Å². The van der Waals surface area contributed by atoms with Gasteiger partial charge < -0.3 is 0 Å². The topological polar surface area (TPSA) is 17.1 Å². The van der Waals surface area contributed by atoms with Gasteiger partial charge in [-0.1, -0.05) is 35.3 Å². The van der Waals surface area contributed by atoms with Crippen LogP contribution in [-0.2, 0) is 0 Å². The van der Waals surface area contributed by atoms with Crippen LogP contribution in [-0.4, -0.2) is 5.78 Å². The number of allylic oxidation sites excluding steroid dienone is 1. The molecule has 0 saturated carbocycles. The molecule has 1 nitrogen and oxygen atoms in total. The number of hydrogen-bond donors (Lipinski definition) is 0. The van der Waals surface area contributed by atoms with E-state index < -0.39 is 0 Å². The van der Waals surface area contributed by atoms with Gasteiger partial charge in [0.25, 0.3) is 0 Å². The molecular formula is C15H8BrCl2FO. The van der Waals surface area contributed by atoms with Gasteiger partial charge in [-0.05, 0) is 57.9 Å². The third-order valence-electron chi connectivity index (χ3n) is 2.56. The van der Waals surface area contributed by atoms with Gasteiger partial charge in [-0.15, -0.1) is 0 Å². The van der Waals surface area contributed by atoms with E-state index in [1.165, 1.54) is 18.2 Å². The Morgan fingerprint density at radius 1 is 1.15 bits per heavy atom. The second-order valence-electron chi connectivity index (χ2n) is 4.00. The van der Waals surface area contributed by atoms with Crippen LogP contribution in [0.1, 0.15) is 15.9 Å². The number of rotatable bonds is 3. The average Bonchev–Trinajstić information content (AvgIpc) is 2.42. The Labute approximate surface area is 134 Å². The molecule has 0 atom stereocenters. The molecule has 0 heterocycles. The molecule has 2 aromatic carbocycles. The quantitative estimate of drug-likeness (QED) is 0.491. The Kier molecular flexibility index (Phi) is 4.97. The molecule has 2 rings (SSSR count). The van der Waals surface area contributed by atoms with Gasteiger partial charge in [0, 0.05) is 10.6 Å². The van der Waals surface area contributed by atoms with E-state index in [0.29, 0.717) is 25.6 Å². The molecule has 0 N–H and O–H groups in total. The van der Waals surface area contributed by atoms with Crippen molar-refractivity contribution in [2.24, 2.45) is 0 Å². The average molecular weight is 374 g/mol. The molecule has 0 aromatic heterocycles. The summed E-state index contributed by atoms with van der Waals surface area (Å²) in [4.78, 5) is 12.0. The second kappa shape index (κ2) is 6.53. The lowest BCUT2D eigenvalue weighted by molar-refractivity contribution is 0.104. The molecule has 0 aliphatic rings. The molecular weight excluding hydrogens is 366 g/mol. The molecule has 0 aliphatic carbocycles. The lowest BCUT2D eigenvalue weighted by Crippen LogP contribution is -1.95. The zero-order valence-corrected chi connectivity index (χ0v) is 13.1. The Bertz CT molecular complexity index is 698. The van der Waals surface area contributed by atoms with E-state index in [9.17, 15) is 9.18 Å². The zero-order chi connectivity index (χ0) is 14.7. The van der Waals surface area contributed by atoms with Crippen LogP contribution in [0.25, 0.3) is 6.08 Å². The number of ketones is 1. The molecule has 20 heavy (non-hydrogen) atoms. The number of halogens is 4. The van der Waals surface area contributed by atoms with Gasteiger partial charge in [0.2, 0.25) is 0 Å². The summed E-state index contributed by atoms with van der Waals surface area (Å²) in [6.45, 7) is 0. The molecule has 0 aliphatic heterocycles. The van der Waals surface area contributed by atoms with E-state index in [1.54, 1.807) is 30.3 Å². The molecule has 0 amide bonds. The molecule has 0 fully saturated rings. The van der Waals surface area contributed by atoms with Crippen molar-refractivity contribution < 1.29 is 9.18 Å². The molecule has 0 saturated heterocycles. The Balaban J connectivity index is 2.24. The highest BCUT2D eigenvalue weighted by Gasteiger charge is 2.08. The first-order valence-corrected chi connectivity index (χ1v) is 7.15. The van der Waals surface area contributed by atoms with Gasteiger partial charge in [-0.25, -0.2) is 4.39 Å². The maximum atomic E-state index is 13.1. The lowest BCUT2D eigenvalue weighted by Gasteiger charge is -2.01. The fraction of sp³-hybridized carbons (Fsp3) is 0. The molecule has 5 heteroatoms. The summed E-state index contributed by atoms with van der Waals surface area (Å²) in [6, 6.07) is 9.17. The van der Waals surface area contributed by atoms with E-state index in [4.69, 9.17) is 23.2 Å². The zero-order valence-electron chi connectivity index (χ0n) is 10.0. The Hall–Kier alpha value is -1.16. The normalized spacial score (nSPS) is 11.0. The van der Waals surface area contributed by atoms with Gasteiger partial charge >= 0.3 is 0 Å². The van der Waals surface area contributed by atoms with Crippen molar-refractivity contribution in [3.63, 3.8) is 0 Å². The van der Waals surface area contributed by atoms with Crippen LogP contribution in [0, 0.1) is 5.82 Å². The van der Waals surface area contributed by atoms with Crippen molar-refractivity contribution in [2.45, 2.75) is 0 Å². The van der Waals surface area contributed by atoms with Crippen LogP contribution in [0.2, 0.25) is 10.0 Å². The first-order chi connectivity index (χ1) is 9.47. The predicted molar refractivity (Wildman–Crippen MR) is 83.9 cm³/mol. The van der Waals surface area contributed by atoms with Crippen molar-refractivity contribution in [1.29, 1.82) is 0 Å². The largest absolute Gasteiger partial charge is 0.289 e. The summed E-state index contributed by atoms with van der Waals surface area (Å²) < 4.78 is 13.4. The van der Waals surface area contributed by atoms with Crippen molar-refractivity contribution >= 4 is 51.0 Å². The third kappa shape index (κ3) is 3.69. The monoisotopic (exact) mass is 372 g/mol. The van der Waals surface area contributed by atoms with Crippen molar-refractivity contribution in [2.75, 3.05) is 0 Å². The lowest BCUT2D eigenvalue weighted by atomic mass is 10.1. The van der Waals surface area contributed by atoms with Crippen molar-refractivity contribution in [1.82, 2.24) is 0 Å². The van der Waals surface area contributed by atoms with Gasteiger partial charge in [-0.2, -0.15) is 0 Å². The summed E-state index contributed by atoms with van der Waals surface area (Å²) in [5.41, 5.74) is 1.03. The minimum absolute atomic E-state index is 0.266. The molecule has 0 unspecified atom stereocenters. The highest BCUT2D eigenvalue weighted by Crippen LogP contribution is 2.22. The highest BCUT2D eigenvalue weighted by molar-refractivity contribution is 9.10. The molecule has 0 bridgehead atoms. The van der Waals surface area contributed by atoms with E-state index >= 15 is 0 Å². The minimum atomic E-state index is -0.355. The van der Waals surface area contributed by atoms with Gasteiger partial charge in [0.1, 0.15) is 5.82 Å². The Morgan fingerprint density at radius 2 is 1.90 bits per heavy atom. The number of carbonyl (C=O) groups is 1. The van der Waals surface area contributed by atoms with Crippen LogP contribution in [0.4, 0.5) is 4.39 Å².